The Hall–Kier alpha value is -1.15. The van der Waals surface area contributed by atoms with Gasteiger partial charge in [-0.05, 0) is 18.1 Å². The highest BCUT2D eigenvalue weighted by molar-refractivity contribution is 7.89. The molecule has 1 heterocycles. The highest BCUT2D eigenvalue weighted by Gasteiger charge is 2.18. The number of anilines is 1. The third-order valence-electron chi connectivity index (χ3n) is 3.62. The minimum atomic E-state index is -3.28. The van der Waals surface area contributed by atoms with Crippen molar-refractivity contribution >= 4 is 15.7 Å². The predicted octanol–water partition coefficient (Wildman–Crippen LogP) is 0.632. The molecule has 22 heavy (non-hydrogen) atoms. The van der Waals surface area contributed by atoms with Crippen molar-refractivity contribution in [2.75, 3.05) is 57.2 Å². The van der Waals surface area contributed by atoms with Crippen LogP contribution in [0.25, 0.3) is 0 Å². The lowest BCUT2D eigenvalue weighted by atomic mass is 10.2. The topological polar surface area (TPSA) is 67.9 Å². The van der Waals surface area contributed by atoms with Crippen molar-refractivity contribution < 1.29 is 17.9 Å². The van der Waals surface area contributed by atoms with E-state index in [1.807, 2.05) is 12.1 Å². The fourth-order valence-electron chi connectivity index (χ4n) is 2.46. The van der Waals surface area contributed by atoms with Gasteiger partial charge in [-0.2, -0.15) is 0 Å². The molecule has 6 nitrogen and oxygen atoms in total. The molecule has 1 aromatic carbocycles. The van der Waals surface area contributed by atoms with Gasteiger partial charge in [-0.15, -0.1) is 0 Å². The quantitative estimate of drug-likeness (QED) is 0.638. The summed E-state index contributed by atoms with van der Waals surface area (Å²) < 4.78 is 36.3. The first-order chi connectivity index (χ1) is 10.6. The normalized spacial score (nSPS) is 14.3. The maximum Gasteiger partial charge on any atom is 0.213 e. The molecule has 0 unspecified atom stereocenters. The molecule has 0 atom stereocenters. The second-order valence-electron chi connectivity index (χ2n) is 5.18. The Balaban J connectivity index is 1.68. The smallest absolute Gasteiger partial charge is 0.213 e. The molecule has 0 saturated carbocycles. The maximum atomic E-state index is 11.8. The molecule has 0 saturated heterocycles. The van der Waals surface area contributed by atoms with Crippen molar-refractivity contribution in [3.63, 3.8) is 0 Å². The van der Waals surface area contributed by atoms with Gasteiger partial charge >= 0.3 is 0 Å². The van der Waals surface area contributed by atoms with E-state index in [1.54, 1.807) is 7.11 Å². The van der Waals surface area contributed by atoms with E-state index in [0.29, 0.717) is 26.3 Å². The number of nitrogens with one attached hydrogen (secondary N) is 1. The first-order valence-electron chi connectivity index (χ1n) is 7.49. The third kappa shape index (κ3) is 5.24. The number of para-hydroxylation sites is 1. The molecule has 1 aliphatic rings. The minimum Gasteiger partial charge on any atom is -0.382 e. The van der Waals surface area contributed by atoms with Crippen LogP contribution in [0.15, 0.2) is 24.3 Å². The van der Waals surface area contributed by atoms with Crippen molar-refractivity contribution in [1.82, 2.24) is 4.72 Å². The van der Waals surface area contributed by atoms with Crippen LogP contribution in [0.5, 0.6) is 0 Å². The summed E-state index contributed by atoms with van der Waals surface area (Å²) in [5, 5.41) is 0. The van der Waals surface area contributed by atoms with E-state index in [9.17, 15) is 8.42 Å². The lowest BCUT2D eigenvalue weighted by Gasteiger charge is -2.19. The first kappa shape index (κ1) is 17.2. The zero-order chi connectivity index (χ0) is 15.8. The van der Waals surface area contributed by atoms with Gasteiger partial charge in [-0.25, -0.2) is 13.1 Å². The number of benzene rings is 1. The van der Waals surface area contributed by atoms with E-state index in [2.05, 4.69) is 21.8 Å². The molecule has 124 valence electrons. The fourth-order valence-corrected chi connectivity index (χ4v) is 3.34. The Morgan fingerprint density at radius 2 is 2.05 bits per heavy atom. The minimum absolute atomic E-state index is 0.0205. The van der Waals surface area contributed by atoms with Gasteiger partial charge in [0.2, 0.25) is 10.0 Å². The van der Waals surface area contributed by atoms with Gasteiger partial charge < -0.3 is 14.4 Å². The maximum absolute atomic E-state index is 11.8. The molecule has 0 radical (unpaired) electrons. The van der Waals surface area contributed by atoms with Crippen LogP contribution in [0.4, 0.5) is 5.69 Å². The number of nitrogens with zero attached hydrogens (tertiary/aromatic N) is 1. The molecule has 2 rings (SSSR count). The molecule has 0 aliphatic carbocycles. The van der Waals surface area contributed by atoms with E-state index in [-0.39, 0.29) is 12.4 Å². The Morgan fingerprint density at radius 1 is 1.23 bits per heavy atom. The molecule has 0 aromatic heterocycles. The van der Waals surface area contributed by atoms with Crippen LogP contribution in [0, 0.1) is 0 Å². The monoisotopic (exact) mass is 328 g/mol. The predicted molar refractivity (Wildman–Crippen MR) is 86.8 cm³/mol. The van der Waals surface area contributed by atoms with Crippen LogP contribution in [0.1, 0.15) is 5.56 Å². The molecule has 1 aliphatic heterocycles. The summed E-state index contributed by atoms with van der Waals surface area (Å²) in [6.07, 6.45) is 1.02. The summed E-state index contributed by atoms with van der Waals surface area (Å²) >= 11 is 0. The number of sulfonamides is 1. The van der Waals surface area contributed by atoms with Gasteiger partial charge in [-0.3, -0.25) is 0 Å². The number of hydrogen-bond acceptors (Lipinski definition) is 5. The molecule has 1 N–H and O–H groups in total. The standard InChI is InChI=1S/C15H24N2O4S/c1-20-10-11-21-12-13-22(18,19)16-7-9-17-8-6-14-4-2-3-5-15(14)17/h2-5,16H,6-13H2,1H3. The van der Waals surface area contributed by atoms with Gasteiger partial charge in [-0.1, -0.05) is 18.2 Å². The van der Waals surface area contributed by atoms with Crippen LogP contribution in [-0.4, -0.2) is 60.7 Å². The van der Waals surface area contributed by atoms with Crippen molar-refractivity contribution in [1.29, 1.82) is 0 Å². The molecular weight excluding hydrogens is 304 g/mol. The SMILES string of the molecule is COCCOCCS(=O)(=O)NCCN1CCc2ccccc21. The summed E-state index contributed by atoms with van der Waals surface area (Å²) in [7, 11) is -1.70. The lowest BCUT2D eigenvalue weighted by Crippen LogP contribution is -2.36. The summed E-state index contributed by atoms with van der Waals surface area (Å²) in [4.78, 5) is 2.22. The second kappa shape index (κ2) is 8.47. The number of rotatable bonds is 10. The van der Waals surface area contributed by atoms with E-state index in [1.165, 1.54) is 11.3 Å². The molecule has 0 amide bonds. The largest absolute Gasteiger partial charge is 0.382 e. The summed E-state index contributed by atoms with van der Waals surface area (Å²) in [6, 6.07) is 8.25. The highest BCUT2D eigenvalue weighted by atomic mass is 32.2. The zero-order valence-electron chi connectivity index (χ0n) is 13.0. The van der Waals surface area contributed by atoms with E-state index in [0.717, 1.165) is 13.0 Å². The van der Waals surface area contributed by atoms with Gasteiger partial charge in [0.1, 0.15) is 0 Å². The van der Waals surface area contributed by atoms with Crippen LogP contribution in [-0.2, 0) is 25.9 Å². The van der Waals surface area contributed by atoms with E-state index < -0.39 is 10.0 Å². The molecule has 0 bridgehead atoms. The van der Waals surface area contributed by atoms with Crippen LogP contribution < -0.4 is 9.62 Å². The van der Waals surface area contributed by atoms with E-state index >= 15 is 0 Å². The van der Waals surface area contributed by atoms with Gasteiger partial charge in [0, 0.05) is 32.4 Å². The van der Waals surface area contributed by atoms with Gasteiger partial charge in [0.25, 0.3) is 0 Å². The van der Waals surface area contributed by atoms with Crippen molar-refractivity contribution in [3.8, 4) is 0 Å². The van der Waals surface area contributed by atoms with Gasteiger partial charge in [0.05, 0.1) is 25.6 Å². The van der Waals surface area contributed by atoms with E-state index in [4.69, 9.17) is 9.47 Å². The van der Waals surface area contributed by atoms with Gasteiger partial charge in [0.15, 0.2) is 0 Å². The average Bonchev–Trinajstić information content (AvgIpc) is 2.90. The second-order valence-corrected chi connectivity index (χ2v) is 7.11. The summed E-state index contributed by atoms with van der Waals surface area (Å²) in [5.41, 5.74) is 2.54. The number of ether oxygens (including phenoxy) is 2. The number of hydrogen-bond donors (Lipinski definition) is 1. The van der Waals surface area contributed by atoms with Crippen molar-refractivity contribution in [3.05, 3.63) is 29.8 Å². The van der Waals surface area contributed by atoms with Crippen LogP contribution >= 0.6 is 0 Å². The van der Waals surface area contributed by atoms with Crippen molar-refractivity contribution in [2.45, 2.75) is 6.42 Å². The Morgan fingerprint density at radius 3 is 2.86 bits per heavy atom. The summed E-state index contributed by atoms with van der Waals surface area (Å²) in [6.45, 7) is 3.11. The summed E-state index contributed by atoms with van der Waals surface area (Å²) in [5.74, 6) is -0.0205. The molecule has 0 fully saturated rings. The number of methoxy groups -OCH3 is 1. The number of fused-ring (bicyclic) bond motifs is 1. The molecule has 1 aromatic rings. The highest BCUT2D eigenvalue weighted by Crippen LogP contribution is 2.26. The fraction of sp³-hybridized carbons (Fsp3) is 0.600. The molecule has 7 heteroatoms. The molecule has 0 spiro atoms. The van der Waals surface area contributed by atoms with Crippen molar-refractivity contribution in [2.24, 2.45) is 0 Å². The Bertz CT molecular complexity index is 562. The first-order valence-corrected chi connectivity index (χ1v) is 9.14. The average molecular weight is 328 g/mol. The third-order valence-corrected chi connectivity index (χ3v) is 4.96. The molecular formula is C15H24N2O4S. The Labute approximate surface area is 132 Å². The zero-order valence-corrected chi connectivity index (χ0v) is 13.8. The lowest BCUT2D eigenvalue weighted by molar-refractivity contribution is 0.0784. The van der Waals surface area contributed by atoms with Crippen LogP contribution in [0.3, 0.4) is 0 Å². The van der Waals surface area contributed by atoms with Crippen LogP contribution in [0.2, 0.25) is 0 Å². The Kier molecular flexibility index (Phi) is 6.63.